The number of hydrogen-bond acceptors (Lipinski definition) is 5. The van der Waals surface area contributed by atoms with E-state index in [2.05, 4.69) is 15.6 Å². The summed E-state index contributed by atoms with van der Waals surface area (Å²) in [5.41, 5.74) is 2.09. The van der Waals surface area contributed by atoms with Gasteiger partial charge in [-0.25, -0.2) is 4.98 Å². The van der Waals surface area contributed by atoms with Crippen LogP contribution in [0.2, 0.25) is 0 Å². The number of rotatable bonds is 7. The van der Waals surface area contributed by atoms with Gasteiger partial charge in [-0.15, -0.1) is 11.3 Å². The van der Waals surface area contributed by atoms with E-state index in [0.29, 0.717) is 16.9 Å². The number of para-hydroxylation sites is 1. The van der Waals surface area contributed by atoms with Gasteiger partial charge in [-0.05, 0) is 49.7 Å². The zero-order chi connectivity index (χ0) is 20.8. The van der Waals surface area contributed by atoms with E-state index >= 15 is 0 Å². The van der Waals surface area contributed by atoms with Gasteiger partial charge in [0.05, 0.1) is 18.4 Å². The number of ether oxygens (including phenoxy) is 1. The molecular formula is C22H23N3O3S. The molecule has 0 aliphatic rings. The highest BCUT2D eigenvalue weighted by molar-refractivity contribution is 7.13. The molecule has 0 saturated carbocycles. The molecule has 1 heterocycles. The standard InChI is InChI=1S/C22H23N3O3S/c1-4-14(2)23-20(26)17-7-5-6-8-18(17)24-21(27)19-13-29-22(25-19)15-9-11-16(28-3)12-10-15/h5-14H,4H2,1-3H3,(H,23,26)(H,24,27). The fourth-order valence-corrected chi connectivity index (χ4v) is 3.43. The maximum absolute atomic E-state index is 12.7. The van der Waals surface area contributed by atoms with Crippen LogP contribution in [0.1, 0.15) is 41.1 Å². The molecule has 0 fully saturated rings. The lowest BCUT2D eigenvalue weighted by atomic mass is 10.1. The lowest BCUT2D eigenvalue weighted by Crippen LogP contribution is -2.32. The Balaban J connectivity index is 1.76. The minimum Gasteiger partial charge on any atom is -0.497 e. The molecule has 2 aromatic carbocycles. The molecule has 1 aromatic heterocycles. The number of amides is 2. The average molecular weight is 410 g/mol. The number of carbonyl (C=O) groups is 2. The largest absolute Gasteiger partial charge is 0.497 e. The Bertz CT molecular complexity index is 999. The summed E-state index contributed by atoms with van der Waals surface area (Å²) in [5, 5.41) is 8.17. The van der Waals surface area contributed by atoms with Crippen LogP contribution in [0.5, 0.6) is 5.75 Å². The van der Waals surface area contributed by atoms with Gasteiger partial charge in [0.2, 0.25) is 0 Å². The molecule has 3 aromatic rings. The Labute approximate surface area is 173 Å². The SMILES string of the molecule is CCC(C)NC(=O)c1ccccc1NC(=O)c1csc(-c2ccc(OC)cc2)n1. The zero-order valence-electron chi connectivity index (χ0n) is 16.6. The third-order valence-electron chi connectivity index (χ3n) is 4.48. The van der Waals surface area contributed by atoms with E-state index < -0.39 is 0 Å². The van der Waals surface area contributed by atoms with E-state index in [4.69, 9.17) is 4.74 Å². The van der Waals surface area contributed by atoms with Crippen LogP contribution in [0.4, 0.5) is 5.69 Å². The number of benzene rings is 2. The lowest BCUT2D eigenvalue weighted by molar-refractivity contribution is 0.0940. The molecule has 0 bridgehead atoms. The number of hydrogen-bond donors (Lipinski definition) is 2. The predicted octanol–water partition coefficient (Wildman–Crippen LogP) is 4.60. The molecule has 7 heteroatoms. The smallest absolute Gasteiger partial charge is 0.275 e. The summed E-state index contributed by atoms with van der Waals surface area (Å²) >= 11 is 1.38. The molecule has 29 heavy (non-hydrogen) atoms. The Morgan fingerprint density at radius 3 is 2.52 bits per heavy atom. The first-order valence-corrected chi connectivity index (χ1v) is 10.2. The van der Waals surface area contributed by atoms with Crippen molar-refractivity contribution in [2.75, 3.05) is 12.4 Å². The predicted molar refractivity (Wildman–Crippen MR) is 116 cm³/mol. The van der Waals surface area contributed by atoms with Crippen LogP contribution < -0.4 is 15.4 Å². The highest BCUT2D eigenvalue weighted by Gasteiger charge is 2.17. The van der Waals surface area contributed by atoms with Crippen molar-refractivity contribution in [1.82, 2.24) is 10.3 Å². The number of methoxy groups -OCH3 is 1. The molecule has 1 atom stereocenters. The van der Waals surface area contributed by atoms with Crippen LogP contribution >= 0.6 is 11.3 Å². The minimum atomic E-state index is -0.357. The normalized spacial score (nSPS) is 11.6. The van der Waals surface area contributed by atoms with Gasteiger partial charge in [0.1, 0.15) is 16.5 Å². The summed E-state index contributed by atoms with van der Waals surface area (Å²) in [4.78, 5) is 29.6. The molecule has 150 valence electrons. The van der Waals surface area contributed by atoms with E-state index in [-0.39, 0.29) is 17.9 Å². The number of nitrogens with zero attached hydrogens (tertiary/aromatic N) is 1. The summed E-state index contributed by atoms with van der Waals surface area (Å²) < 4.78 is 5.16. The van der Waals surface area contributed by atoms with Gasteiger partial charge in [0, 0.05) is 17.0 Å². The molecule has 2 amide bonds. The molecule has 0 radical (unpaired) electrons. The van der Waals surface area contributed by atoms with Crippen molar-refractivity contribution in [3.63, 3.8) is 0 Å². The Kier molecular flexibility index (Phi) is 6.61. The fourth-order valence-electron chi connectivity index (χ4n) is 2.62. The monoisotopic (exact) mass is 409 g/mol. The van der Waals surface area contributed by atoms with E-state index in [1.54, 1.807) is 36.8 Å². The van der Waals surface area contributed by atoms with Gasteiger partial charge in [0.15, 0.2) is 0 Å². The van der Waals surface area contributed by atoms with Gasteiger partial charge in [-0.3, -0.25) is 9.59 Å². The molecule has 0 aliphatic heterocycles. The Morgan fingerprint density at radius 2 is 1.83 bits per heavy atom. The second-order valence-corrected chi connectivity index (χ2v) is 7.41. The third-order valence-corrected chi connectivity index (χ3v) is 5.37. The van der Waals surface area contributed by atoms with Crippen molar-refractivity contribution in [3.8, 4) is 16.3 Å². The molecule has 0 aliphatic carbocycles. The van der Waals surface area contributed by atoms with Gasteiger partial charge in [-0.1, -0.05) is 19.1 Å². The van der Waals surface area contributed by atoms with E-state index in [9.17, 15) is 9.59 Å². The van der Waals surface area contributed by atoms with Crippen molar-refractivity contribution in [2.45, 2.75) is 26.3 Å². The summed E-state index contributed by atoms with van der Waals surface area (Å²) in [6.45, 7) is 3.94. The highest BCUT2D eigenvalue weighted by Crippen LogP contribution is 2.26. The average Bonchev–Trinajstić information content (AvgIpc) is 3.24. The third kappa shape index (κ3) is 5.00. The summed E-state index contributed by atoms with van der Waals surface area (Å²) in [7, 11) is 1.61. The molecule has 6 nitrogen and oxygen atoms in total. The van der Waals surface area contributed by atoms with Gasteiger partial charge in [-0.2, -0.15) is 0 Å². The quantitative estimate of drug-likeness (QED) is 0.598. The van der Waals surface area contributed by atoms with Gasteiger partial charge in [0.25, 0.3) is 11.8 Å². The summed E-state index contributed by atoms with van der Waals surface area (Å²) in [6.07, 6.45) is 0.827. The first-order valence-electron chi connectivity index (χ1n) is 9.33. The van der Waals surface area contributed by atoms with Crippen molar-refractivity contribution in [2.24, 2.45) is 0 Å². The molecule has 2 N–H and O–H groups in total. The summed E-state index contributed by atoms with van der Waals surface area (Å²) in [6, 6.07) is 14.5. The Morgan fingerprint density at radius 1 is 1.10 bits per heavy atom. The maximum Gasteiger partial charge on any atom is 0.275 e. The first kappa shape index (κ1) is 20.5. The van der Waals surface area contributed by atoms with Crippen molar-refractivity contribution >= 4 is 28.8 Å². The van der Waals surface area contributed by atoms with Crippen LogP contribution in [0, 0.1) is 0 Å². The lowest BCUT2D eigenvalue weighted by Gasteiger charge is -2.14. The van der Waals surface area contributed by atoms with Crippen LogP contribution in [0.15, 0.2) is 53.9 Å². The second-order valence-electron chi connectivity index (χ2n) is 6.55. The fraction of sp³-hybridized carbons (Fsp3) is 0.227. The van der Waals surface area contributed by atoms with Crippen molar-refractivity contribution < 1.29 is 14.3 Å². The van der Waals surface area contributed by atoms with E-state index in [1.165, 1.54) is 11.3 Å². The highest BCUT2D eigenvalue weighted by atomic mass is 32.1. The number of carbonyl (C=O) groups excluding carboxylic acids is 2. The molecule has 1 unspecified atom stereocenters. The van der Waals surface area contributed by atoms with Crippen molar-refractivity contribution in [1.29, 1.82) is 0 Å². The van der Waals surface area contributed by atoms with Gasteiger partial charge >= 0.3 is 0 Å². The van der Waals surface area contributed by atoms with Crippen molar-refractivity contribution in [3.05, 3.63) is 65.2 Å². The number of nitrogens with one attached hydrogen (secondary N) is 2. The first-order chi connectivity index (χ1) is 14.0. The van der Waals surface area contributed by atoms with Crippen LogP contribution in [-0.4, -0.2) is 29.9 Å². The second kappa shape index (κ2) is 9.34. The van der Waals surface area contributed by atoms with Crippen LogP contribution in [0.25, 0.3) is 10.6 Å². The number of anilines is 1. The molecule has 3 rings (SSSR count). The molecular weight excluding hydrogens is 386 g/mol. The van der Waals surface area contributed by atoms with E-state index in [0.717, 1.165) is 22.7 Å². The minimum absolute atomic E-state index is 0.0526. The number of aromatic nitrogens is 1. The Hall–Kier alpha value is -3.19. The molecule has 0 spiro atoms. The van der Waals surface area contributed by atoms with Gasteiger partial charge < -0.3 is 15.4 Å². The summed E-state index contributed by atoms with van der Waals surface area (Å²) in [5.74, 6) is 0.188. The topological polar surface area (TPSA) is 80.3 Å². The van der Waals surface area contributed by atoms with Crippen LogP contribution in [-0.2, 0) is 0 Å². The number of thiazole rings is 1. The van der Waals surface area contributed by atoms with E-state index in [1.807, 2.05) is 38.1 Å². The zero-order valence-corrected chi connectivity index (χ0v) is 17.4. The maximum atomic E-state index is 12.7. The molecule has 0 saturated heterocycles. The van der Waals surface area contributed by atoms with Crippen LogP contribution in [0.3, 0.4) is 0 Å².